The zero-order valence-electron chi connectivity index (χ0n) is 14.2. The minimum Gasteiger partial charge on any atom is -0.493 e. The topological polar surface area (TPSA) is 69.9 Å². The van der Waals surface area contributed by atoms with Crippen LogP contribution in [0.5, 0.6) is 17.2 Å². The molecule has 0 saturated carbocycles. The van der Waals surface area contributed by atoms with E-state index in [1.54, 1.807) is 19.1 Å². The number of amides is 1. The average Bonchev–Trinajstić information content (AvgIpc) is 2.78. The third kappa shape index (κ3) is 3.11. The van der Waals surface area contributed by atoms with Crippen LogP contribution in [0, 0.1) is 20.8 Å². The lowest BCUT2D eigenvalue weighted by atomic mass is 10.1. The lowest BCUT2D eigenvalue weighted by molar-refractivity contribution is 0.102. The zero-order chi connectivity index (χ0) is 17.1. The summed E-state index contributed by atoms with van der Waals surface area (Å²) in [6.45, 7) is 5.46. The van der Waals surface area contributed by atoms with Crippen molar-refractivity contribution in [1.29, 1.82) is 0 Å². The van der Waals surface area contributed by atoms with Crippen LogP contribution in [0.25, 0.3) is 0 Å². The fourth-order valence-electron chi connectivity index (χ4n) is 2.47. The van der Waals surface area contributed by atoms with Gasteiger partial charge in [0.05, 0.1) is 26.9 Å². The number of furan rings is 1. The van der Waals surface area contributed by atoms with Crippen molar-refractivity contribution in [3.8, 4) is 17.2 Å². The Balaban J connectivity index is 2.38. The van der Waals surface area contributed by atoms with Crippen LogP contribution in [-0.4, -0.2) is 27.2 Å². The number of hydrogen-bond donors (Lipinski definition) is 1. The standard InChI is InChI=1S/C17H21NO5/c1-9-10(2)23-11(3)15(9)17(19)18-12-7-13(20-4)16(22-6)14(8-12)21-5/h7-8H,1-6H3,(H,18,19). The Morgan fingerprint density at radius 1 is 0.957 bits per heavy atom. The minimum absolute atomic E-state index is 0.244. The van der Waals surface area contributed by atoms with E-state index in [2.05, 4.69) is 5.32 Å². The monoisotopic (exact) mass is 319 g/mol. The maximum absolute atomic E-state index is 12.5. The summed E-state index contributed by atoms with van der Waals surface area (Å²) in [4.78, 5) is 12.5. The third-order valence-corrected chi connectivity index (χ3v) is 3.71. The third-order valence-electron chi connectivity index (χ3n) is 3.71. The highest BCUT2D eigenvalue weighted by Gasteiger charge is 2.20. The largest absolute Gasteiger partial charge is 0.493 e. The fraction of sp³-hybridized carbons (Fsp3) is 0.353. The molecule has 0 unspecified atom stereocenters. The summed E-state index contributed by atoms with van der Waals surface area (Å²) in [6.07, 6.45) is 0. The van der Waals surface area contributed by atoms with Crippen molar-refractivity contribution in [2.45, 2.75) is 20.8 Å². The van der Waals surface area contributed by atoms with Gasteiger partial charge < -0.3 is 23.9 Å². The number of aryl methyl sites for hydroxylation is 2. The molecule has 6 nitrogen and oxygen atoms in total. The number of anilines is 1. The van der Waals surface area contributed by atoms with Crippen LogP contribution in [0.1, 0.15) is 27.4 Å². The van der Waals surface area contributed by atoms with Crippen LogP contribution in [0.2, 0.25) is 0 Å². The summed E-state index contributed by atoms with van der Waals surface area (Å²) in [7, 11) is 4.58. The van der Waals surface area contributed by atoms with Gasteiger partial charge >= 0.3 is 0 Å². The van der Waals surface area contributed by atoms with E-state index < -0.39 is 0 Å². The highest BCUT2D eigenvalue weighted by Crippen LogP contribution is 2.40. The van der Waals surface area contributed by atoms with E-state index in [4.69, 9.17) is 18.6 Å². The molecule has 0 aliphatic carbocycles. The van der Waals surface area contributed by atoms with Gasteiger partial charge in [-0.25, -0.2) is 0 Å². The summed E-state index contributed by atoms with van der Waals surface area (Å²) in [5.74, 6) is 2.49. The summed E-state index contributed by atoms with van der Waals surface area (Å²) < 4.78 is 21.3. The zero-order valence-corrected chi connectivity index (χ0v) is 14.2. The van der Waals surface area contributed by atoms with E-state index in [0.717, 1.165) is 11.3 Å². The number of rotatable bonds is 5. The first-order valence-electron chi connectivity index (χ1n) is 7.10. The number of carbonyl (C=O) groups excluding carboxylic acids is 1. The molecule has 1 amide bonds. The molecule has 1 N–H and O–H groups in total. The quantitative estimate of drug-likeness (QED) is 0.913. The second kappa shape index (κ2) is 6.64. The van der Waals surface area contributed by atoms with Gasteiger partial charge in [0.2, 0.25) is 5.75 Å². The van der Waals surface area contributed by atoms with Gasteiger partial charge in [0.1, 0.15) is 11.5 Å². The molecule has 0 aliphatic rings. The number of hydrogen-bond acceptors (Lipinski definition) is 5. The molecule has 124 valence electrons. The summed E-state index contributed by atoms with van der Waals surface area (Å²) in [5.41, 5.74) is 1.91. The average molecular weight is 319 g/mol. The van der Waals surface area contributed by atoms with Crippen molar-refractivity contribution >= 4 is 11.6 Å². The first-order chi connectivity index (χ1) is 10.9. The Labute approximate surface area is 135 Å². The smallest absolute Gasteiger partial charge is 0.259 e. The molecule has 2 rings (SSSR count). The van der Waals surface area contributed by atoms with Crippen molar-refractivity contribution in [3.05, 3.63) is 34.8 Å². The summed E-state index contributed by atoms with van der Waals surface area (Å²) in [5, 5.41) is 2.84. The molecule has 0 bridgehead atoms. The van der Waals surface area contributed by atoms with Crippen LogP contribution in [-0.2, 0) is 0 Å². The predicted molar refractivity (Wildman–Crippen MR) is 87.0 cm³/mol. The van der Waals surface area contributed by atoms with Crippen molar-refractivity contribution in [1.82, 2.24) is 0 Å². The van der Waals surface area contributed by atoms with Gasteiger partial charge in [-0.3, -0.25) is 4.79 Å². The number of nitrogens with one attached hydrogen (secondary N) is 1. The molecule has 0 spiro atoms. The van der Waals surface area contributed by atoms with E-state index in [1.165, 1.54) is 21.3 Å². The first-order valence-corrected chi connectivity index (χ1v) is 7.10. The van der Waals surface area contributed by atoms with Gasteiger partial charge in [-0.15, -0.1) is 0 Å². The molecule has 1 heterocycles. The number of ether oxygens (including phenoxy) is 3. The Morgan fingerprint density at radius 2 is 1.52 bits per heavy atom. The Hall–Kier alpha value is -2.63. The Morgan fingerprint density at radius 3 is 1.91 bits per heavy atom. The van der Waals surface area contributed by atoms with Crippen LogP contribution >= 0.6 is 0 Å². The van der Waals surface area contributed by atoms with E-state index in [9.17, 15) is 4.79 Å². The maximum atomic E-state index is 12.5. The molecular weight excluding hydrogens is 298 g/mol. The van der Waals surface area contributed by atoms with Gasteiger partial charge in [0.15, 0.2) is 11.5 Å². The van der Waals surface area contributed by atoms with Crippen molar-refractivity contribution < 1.29 is 23.4 Å². The van der Waals surface area contributed by atoms with Crippen LogP contribution in [0.3, 0.4) is 0 Å². The Bertz CT molecular complexity index is 708. The van der Waals surface area contributed by atoms with E-state index in [-0.39, 0.29) is 5.91 Å². The lowest BCUT2D eigenvalue weighted by Crippen LogP contribution is -2.14. The fourth-order valence-corrected chi connectivity index (χ4v) is 2.47. The second-order valence-corrected chi connectivity index (χ2v) is 5.08. The summed E-state index contributed by atoms with van der Waals surface area (Å²) >= 11 is 0. The molecule has 23 heavy (non-hydrogen) atoms. The second-order valence-electron chi connectivity index (χ2n) is 5.08. The molecule has 0 saturated heterocycles. The molecule has 1 aromatic heterocycles. The van der Waals surface area contributed by atoms with E-state index >= 15 is 0 Å². The molecule has 1 aromatic carbocycles. The molecule has 0 fully saturated rings. The predicted octanol–water partition coefficient (Wildman–Crippen LogP) is 3.48. The molecular formula is C17H21NO5. The minimum atomic E-state index is -0.244. The molecule has 2 aromatic rings. The van der Waals surface area contributed by atoms with Crippen molar-refractivity contribution in [3.63, 3.8) is 0 Å². The van der Waals surface area contributed by atoms with E-state index in [1.807, 2.05) is 13.8 Å². The van der Waals surface area contributed by atoms with Crippen molar-refractivity contribution in [2.24, 2.45) is 0 Å². The van der Waals surface area contributed by atoms with Crippen LogP contribution in [0.15, 0.2) is 16.5 Å². The molecule has 0 aliphatic heterocycles. The molecule has 0 atom stereocenters. The van der Waals surface area contributed by atoms with Gasteiger partial charge in [-0.05, 0) is 20.8 Å². The van der Waals surface area contributed by atoms with Gasteiger partial charge in [-0.1, -0.05) is 0 Å². The van der Waals surface area contributed by atoms with Gasteiger partial charge in [0, 0.05) is 23.4 Å². The highest BCUT2D eigenvalue weighted by molar-refractivity contribution is 6.06. The number of benzene rings is 1. The van der Waals surface area contributed by atoms with Gasteiger partial charge in [-0.2, -0.15) is 0 Å². The normalized spacial score (nSPS) is 10.3. The number of methoxy groups -OCH3 is 3. The summed E-state index contributed by atoms with van der Waals surface area (Å²) in [6, 6.07) is 3.35. The SMILES string of the molecule is COc1cc(NC(=O)c2c(C)oc(C)c2C)cc(OC)c1OC. The maximum Gasteiger partial charge on any atom is 0.259 e. The molecule has 0 radical (unpaired) electrons. The van der Waals surface area contributed by atoms with Crippen molar-refractivity contribution in [2.75, 3.05) is 26.6 Å². The van der Waals surface area contributed by atoms with Crippen LogP contribution in [0.4, 0.5) is 5.69 Å². The first kappa shape index (κ1) is 16.7. The number of carbonyl (C=O) groups is 1. The molecule has 6 heteroatoms. The van der Waals surface area contributed by atoms with E-state index in [0.29, 0.717) is 34.3 Å². The van der Waals surface area contributed by atoms with Gasteiger partial charge in [0.25, 0.3) is 5.91 Å². The lowest BCUT2D eigenvalue weighted by Gasteiger charge is -2.14. The van der Waals surface area contributed by atoms with Crippen LogP contribution < -0.4 is 19.5 Å². The Kier molecular flexibility index (Phi) is 4.83. The highest BCUT2D eigenvalue weighted by atomic mass is 16.5.